The van der Waals surface area contributed by atoms with E-state index < -0.39 is 51.2 Å². The molecule has 0 radical (unpaired) electrons. The van der Waals surface area contributed by atoms with E-state index in [9.17, 15) is 18.4 Å². The molecular formula is C40H44ClF4N7O2. The van der Waals surface area contributed by atoms with Gasteiger partial charge in [-0.15, -0.1) is 0 Å². The van der Waals surface area contributed by atoms with Crippen LogP contribution in [0.5, 0.6) is 0 Å². The number of carbonyl (C=O) groups excluding carboxylic acids is 2. The van der Waals surface area contributed by atoms with Crippen molar-refractivity contribution in [2.45, 2.75) is 115 Å². The van der Waals surface area contributed by atoms with Crippen LogP contribution in [-0.4, -0.2) is 67.9 Å². The molecule has 2 aromatic carbocycles. The summed E-state index contributed by atoms with van der Waals surface area (Å²) in [6.07, 6.45) is 4.34. The van der Waals surface area contributed by atoms with Crippen molar-refractivity contribution in [2.75, 3.05) is 23.3 Å². The van der Waals surface area contributed by atoms with E-state index in [0.29, 0.717) is 22.3 Å². The molecule has 2 aromatic heterocycles. The normalized spacial score (nSPS) is 23.2. The van der Waals surface area contributed by atoms with Crippen molar-refractivity contribution in [1.82, 2.24) is 24.8 Å². The van der Waals surface area contributed by atoms with Crippen molar-refractivity contribution in [3.63, 3.8) is 0 Å². The number of fused-ring (bicyclic) bond motifs is 2. The van der Waals surface area contributed by atoms with Gasteiger partial charge in [-0.2, -0.15) is 0 Å². The Kier molecular flexibility index (Phi) is 8.80. The number of aromatic nitrogens is 3. The summed E-state index contributed by atoms with van der Waals surface area (Å²) < 4.78 is 60.0. The summed E-state index contributed by atoms with van der Waals surface area (Å²) in [4.78, 5) is 41.2. The van der Waals surface area contributed by atoms with E-state index in [4.69, 9.17) is 16.6 Å². The molecule has 4 aromatic rings. The summed E-state index contributed by atoms with van der Waals surface area (Å²) in [5.74, 6) is -3.73. The number of hydrogen-bond donors (Lipinski definition) is 2. The van der Waals surface area contributed by atoms with Gasteiger partial charge in [0.05, 0.1) is 39.2 Å². The Bertz CT molecular complexity index is 2190. The maximum Gasteiger partial charge on any atom is 0.261 e. The number of carbonyl (C=O) groups is 2. The van der Waals surface area contributed by atoms with Gasteiger partial charge in [0.1, 0.15) is 11.1 Å². The molecule has 9 nitrogen and oxygen atoms in total. The van der Waals surface area contributed by atoms with Gasteiger partial charge >= 0.3 is 0 Å². The number of pyridine rings is 1. The van der Waals surface area contributed by atoms with E-state index in [1.54, 1.807) is 12.4 Å². The fourth-order valence-corrected chi connectivity index (χ4v) is 8.86. The second-order valence-electron chi connectivity index (χ2n) is 16.6. The second kappa shape index (κ2) is 12.9. The fraction of sp³-hybridized carbons (Fsp3) is 0.500. The zero-order valence-corrected chi connectivity index (χ0v) is 31.8. The molecule has 2 saturated carbocycles. The third-order valence-corrected chi connectivity index (χ3v) is 12.5. The van der Waals surface area contributed by atoms with Gasteiger partial charge in [0, 0.05) is 28.9 Å². The van der Waals surface area contributed by atoms with Gasteiger partial charge in [0.2, 0.25) is 5.91 Å². The number of nitrogens with zero attached hydrogens (tertiary/aromatic N) is 5. The van der Waals surface area contributed by atoms with Crippen LogP contribution in [0.3, 0.4) is 0 Å². The molecular weight excluding hydrogens is 722 g/mol. The van der Waals surface area contributed by atoms with Crippen molar-refractivity contribution in [3.05, 3.63) is 64.4 Å². The number of benzene rings is 2. The van der Waals surface area contributed by atoms with E-state index in [-0.39, 0.29) is 42.2 Å². The number of likely N-dealkylation sites (tertiary alicyclic amines) is 1. The number of rotatable bonds is 9. The average Bonchev–Trinajstić information content (AvgIpc) is 3.73. The third-order valence-electron chi connectivity index (χ3n) is 12.1. The zero-order chi connectivity index (χ0) is 38.5. The minimum atomic E-state index is -2.83. The molecule has 0 spiro atoms. The Morgan fingerprint density at radius 1 is 1.00 bits per heavy atom. The van der Waals surface area contributed by atoms with E-state index in [0.717, 1.165) is 43.2 Å². The van der Waals surface area contributed by atoms with E-state index in [1.807, 2.05) is 55.4 Å². The largest absolute Gasteiger partial charge is 0.341 e. The average molecular weight is 766 g/mol. The van der Waals surface area contributed by atoms with Crippen molar-refractivity contribution in [3.8, 4) is 11.3 Å². The van der Waals surface area contributed by atoms with E-state index in [1.165, 1.54) is 19.3 Å². The highest BCUT2D eigenvalue weighted by Crippen LogP contribution is 2.51. The van der Waals surface area contributed by atoms with E-state index >= 15 is 8.78 Å². The number of hydrogen-bond acceptors (Lipinski definition) is 6. The predicted molar refractivity (Wildman–Crippen MR) is 201 cm³/mol. The maximum absolute atomic E-state index is 15.6. The Balaban J connectivity index is 1.17. The maximum atomic E-state index is 15.6. The highest BCUT2D eigenvalue weighted by atomic mass is 35.5. The first-order chi connectivity index (χ1) is 25.5. The topological polar surface area (TPSA) is 95.4 Å². The van der Waals surface area contributed by atoms with E-state index in [2.05, 4.69) is 27.4 Å². The molecule has 286 valence electrons. The monoisotopic (exact) mass is 765 g/mol. The van der Waals surface area contributed by atoms with Gasteiger partial charge in [-0.05, 0) is 110 Å². The number of piperidine rings is 1. The number of nitrogens with one attached hydrogen (secondary N) is 2. The first-order valence-corrected chi connectivity index (χ1v) is 19.1. The lowest BCUT2D eigenvalue weighted by Gasteiger charge is -2.55. The van der Waals surface area contributed by atoms with Crippen LogP contribution in [0.25, 0.3) is 22.3 Å². The number of amides is 2. The lowest BCUT2D eigenvalue weighted by molar-refractivity contribution is -0.123. The summed E-state index contributed by atoms with van der Waals surface area (Å²) in [6.45, 7) is 12.2. The van der Waals surface area contributed by atoms with Gasteiger partial charge in [0.15, 0.2) is 17.5 Å². The molecule has 54 heavy (non-hydrogen) atoms. The molecule has 2 amide bonds. The molecule has 0 bridgehead atoms. The molecule has 14 heteroatoms. The minimum Gasteiger partial charge on any atom is -0.341 e. The SMILES string of the molecule is CC(C)n1cnc2cc(-c3ccc4c(c3)N(C3CC(C)(N5CCCCC5)C3)C(=O)C4(C)C)nc(Nc3cc(C(=O)NC4(C(F)F)CC4)c(Cl)c(F)c3F)c21. The third kappa shape index (κ3) is 5.84. The number of anilines is 3. The molecule has 0 unspecified atom stereocenters. The standard InChI is InChI=1S/C40H44ClF4N7O2/c1-21(2)51-20-46-28-17-26(47-34(33(28)51)48-27-16-24(30(41)32(43)31(27)42)35(53)49-40(11-12-40)36(44)45)22-9-10-25-29(15-22)52(37(54)38(25,3)4)23-18-39(5,19-23)50-13-7-6-8-14-50/h9-10,15-17,20-21,23,36H,6-8,11-14,18-19H2,1-5H3,(H,47,48)(H,49,53). The van der Waals surface area contributed by atoms with Crippen LogP contribution < -0.4 is 15.5 Å². The van der Waals surface area contributed by atoms with Gasteiger partial charge in [-0.25, -0.2) is 27.5 Å². The first-order valence-electron chi connectivity index (χ1n) is 18.7. The lowest BCUT2D eigenvalue weighted by atomic mass is 9.71. The van der Waals surface area contributed by atoms with Crippen molar-refractivity contribution < 1.29 is 27.2 Å². The minimum absolute atomic E-state index is 0.0530. The molecule has 4 heterocycles. The smallest absolute Gasteiger partial charge is 0.261 e. The van der Waals surface area contributed by atoms with Gasteiger partial charge < -0.3 is 20.1 Å². The van der Waals surface area contributed by atoms with Crippen LogP contribution >= 0.6 is 11.6 Å². The first kappa shape index (κ1) is 36.7. The Morgan fingerprint density at radius 3 is 2.35 bits per heavy atom. The van der Waals surface area contributed by atoms with Gasteiger partial charge in [-0.1, -0.05) is 30.2 Å². The summed E-state index contributed by atoms with van der Waals surface area (Å²) >= 11 is 6.08. The molecule has 0 atom stereocenters. The summed E-state index contributed by atoms with van der Waals surface area (Å²) in [7, 11) is 0. The van der Waals surface area contributed by atoms with Crippen molar-refractivity contribution >= 4 is 51.6 Å². The quantitative estimate of drug-likeness (QED) is 0.131. The fourth-order valence-electron chi connectivity index (χ4n) is 8.64. The number of imidazole rings is 1. The predicted octanol–water partition coefficient (Wildman–Crippen LogP) is 8.91. The number of alkyl halides is 2. The summed E-state index contributed by atoms with van der Waals surface area (Å²) in [6, 6.07) is 8.60. The van der Waals surface area contributed by atoms with Gasteiger partial charge in [0.25, 0.3) is 12.3 Å². The van der Waals surface area contributed by atoms with Crippen LogP contribution in [0.1, 0.15) is 102 Å². The Labute approximate surface area is 316 Å². The Hall–Kier alpha value is -4.23. The van der Waals surface area contributed by atoms with Crippen LogP contribution in [0, 0.1) is 11.6 Å². The lowest BCUT2D eigenvalue weighted by Crippen LogP contribution is -2.64. The molecule has 3 fully saturated rings. The van der Waals surface area contributed by atoms with Gasteiger partial charge in [-0.3, -0.25) is 14.5 Å². The molecule has 2 aliphatic heterocycles. The van der Waals surface area contributed by atoms with Crippen LogP contribution in [0.2, 0.25) is 5.02 Å². The van der Waals surface area contributed by atoms with Crippen LogP contribution in [0.15, 0.2) is 36.7 Å². The van der Waals surface area contributed by atoms with Crippen LogP contribution in [-0.2, 0) is 10.2 Å². The number of halogens is 5. The highest BCUT2D eigenvalue weighted by Gasteiger charge is 2.54. The van der Waals surface area contributed by atoms with Crippen LogP contribution in [0.4, 0.5) is 34.8 Å². The summed E-state index contributed by atoms with van der Waals surface area (Å²) in [5, 5.41) is 4.33. The summed E-state index contributed by atoms with van der Waals surface area (Å²) in [5.41, 5.74) is 0.581. The molecule has 8 rings (SSSR count). The molecule has 2 N–H and O–H groups in total. The molecule has 4 aliphatic rings. The Morgan fingerprint density at radius 2 is 1.70 bits per heavy atom. The second-order valence-corrected chi connectivity index (χ2v) is 16.9. The highest BCUT2D eigenvalue weighted by molar-refractivity contribution is 6.34. The zero-order valence-electron chi connectivity index (χ0n) is 31.0. The van der Waals surface area contributed by atoms with Crippen molar-refractivity contribution in [1.29, 1.82) is 0 Å². The molecule has 1 saturated heterocycles. The van der Waals surface area contributed by atoms with Crippen molar-refractivity contribution in [2.24, 2.45) is 0 Å². The molecule has 2 aliphatic carbocycles.